The molecule has 0 radical (unpaired) electrons. The van der Waals surface area contributed by atoms with E-state index in [-0.39, 0.29) is 11.5 Å². The monoisotopic (exact) mass is 277 g/mol. The van der Waals surface area contributed by atoms with Crippen molar-refractivity contribution in [3.8, 4) is 0 Å². The van der Waals surface area contributed by atoms with Crippen LogP contribution in [0.15, 0.2) is 12.4 Å². The molecule has 0 saturated carbocycles. The number of hydrogen-bond acceptors (Lipinski definition) is 5. The number of nitrogens with one attached hydrogen (secondary N) is 1. The van der Waals surface area contributed by atoms with E-state index in [4.69, 9.17) is 18.0 Å². The topological polar surface area (TPSA) is 103 Å². The van der Waals surface area contributed by atoms with Crippen molar-refractivity contribution in [2.75, 3.05) is 6.54 Å². The van der Waals surface area contributed by atoms with E-state index in [0.717, 1.165) is 0 Å². The summed E-state index contributed by atoms with van der Waals surface area (Å²) in [7, 11) is -3.50. The molecular weight excluding hydrogens is 262 g/mol. The molecule has 0 saturated heterocycles. The summed E-state index contributed by atoms with van der Waals surface area (Å²) in [6.07, 6.45) is 3.53. The fraction of sp³-hybridized carbons (Fsp3) is 0.625. The van der Waals surface area contributed by atoms with Crippen LogP contribution in [0.5, 0.6) is 0 Å². The molecule has 0 aliphatic heterocycles. The van der Waals surface area contributed by atoms with Crippen molar-refractivity contribution in [2.45, 2.75) is 25.1 Å². The Morgan fingerprint density at radius 2 is 2.35 bits per heavy atom. The van der Waals surface area contributed by atoms with Crippen molar-refractivity contribution in [1.29, 1.82) is 0 Å². The number of rotatable bonds is 7. The first kappa shape index (κ1) is 14.0. The van der Waals surface area contributed by atoms with Gasteiger partial charge in [0.1, 0.15) is 5.25 Å². The van der Waals surface area contributed by atoms with Crippen LogP contribution in [0.2, 0.25) is 0 Å². The first-order valence-electron chi connectivity index (χ1n) is 5.09. The molecule has 0 aliphatic rings. The van der Waals surface area contributed by atoms with Gasteiger partial charge in [0.15, 0.2) is 0 Å². The Hall–Kier alpha value is -1.06. The predicted octanol–water partition coefficient (Wildman–Crippen LogP) is -0.738. The third-order valence-corrected chi connectivity index (χ3v) is 4.56. The van der Waals surface area contributed by atoms with Gasteiger partial charge >= 0.3 is 0 Å². The van der Waals surface area contributed by atoms with Gasteiger partial charge in [0, 0.05) is 12.7 Å². The molecule has 9 heteroatoms. The zero-order chi connectivity index (χ0) is 12.9. The maximum absolute atomic E-state index is 11.8. The van der Waals surface area contributed by atoms with E-state index < -0.39 is 15.3 Å². The molecule has 17 heavy (non-hydrogen) atoms. The minimum absolute atomic E-state index is 0.0132. The highest BCUT2D eigenvalue weighted by Gasteiger charge is 2.25. The average Bonchev–Trinajstić information content (AvgIpc) is 2.69. The number of hydrogen-bond donors (Lipinski definition) is 2. The maximum Gasteiger partial charge on any atom is 0.221 e. The van der Waals surface area contributed by atoms with Gasteiger partial charge in [-0.15, -0.1) is 5.10 Å². The number of thiocarbonyl (C=S) groups is 1. The summed E-state index contributed by atoms with van der Waals surface area (Å²) in [5.74, 6) is 0. The molecule has 0 amide bonds. The van der Waals surface area contributed by atoms with Gasteiger partial charge in [-0.3, -0.25) is 4.68 Å². The lowest BCUT2D eigenvalue weighted by molar-refractivity contribution is 0.548. The molecule has 96 valence electrons. The lowest BCUT2D eigenvalue weighted by atomic mass is 10.3. The van der Waals surface area contributed by atoms with Crippen LogP contribution in [0.25, 0.3) is 0 Å². The summed E-state index contributed by atoms with van der Waals surface area (Å²) in [5, 5.41) is 6.50. The van der Waals surface area contributed by atoms with Crippen molar-refractivity contribution < 1.29 is 8.42 Å². The molecular formula is C8H15N5O2S2. The smallest absolute Gasteiger partial charge is 0.221 e. The Balaban J connectivity index is 2.52. The number of nitrogens with two attached hydrogens (primary N) is 1. The van der Waals surface area contributed by atoms with Crippen molar-refractivity contribution in [3.63, 3.8) is 0 Å². The van der Waals surface area contributed by atoms with Crippen molar-refractivity contribution in [3.05, 3.63) is 12.4 Å². The molecule has 1 aromatic rings. The van der Waals surface area contributed by atoms with Gasteiger partial charge in [-0.05, 0) is 6.42 Å². The predicted molar refractivity (Wildman–Crippen MR) is 67.8 cm³/mol. The summed E-state index contributed by atoms with van der Waals surface area (Å²) >= 11 is 4.73. The highest BCUT2D eigenvalue weighted by molar-refractivity contribution is 7.93. The molecule has 0 aromatic carbocycles. The third-order valence-electron chi connectivity index (χ3n) is 2.18. The first-order valence-corrected chi connectivity index (χ1v) is 7.04. The quantitative estimate of drug-likeness (QED) is 0.636. The van der Waals surface area contributed by atoms with Crippen LogP contribution in [-0.4, -0.2) is 40.2 Å². The zero-order valence-corrected chi connectivity index (χ0v) is 11.0. The van der Waals surface area contributed by atoms with Crippen LogP contribution in [0.4, 0.5) is 0 Å². The second-order valence-electron chi connectivity index (χ2n) is 3.40. The molecule has 0 spiro atoms. The minimum Gasteiger partial charge on any atom is -0.392 e. The summed E-state index contributed by atoms with van der Waals surface area (Å²) in [6, 6.07) is 0. The van der Waals surface area contributed by atoms with E-state index in [1.165, 1.54) is 10.9 Å². The standard InChI is InChI=1S/C8H15N5O2S2/c1-2-7(8(9)16)17(14,15)11-4-6-13-5-3-10-12-13/h3,5,7,11H,2,4,6H2,1H3,(H2,9,16). The summed E-state index contributed by atoms with van der Waals surface area (Å²) in [6.45, 7) is 2.36. The Morgan fingerprint density at radius 3 is 2.82 bits per heavy atom. The molecule has 7 nitrogen and oxygen atoms in total. The molecule has 1 rings (SSSR count). The van der Waals surface area contributed by atoms with Crippen LogP contribution < -0.4 is 10.5 Å². The van der Waals surface area contributed by atoms with E-state index >= 15 is 0 Å². The molecule has 1 unspecified atom stereocenters. The van der Waals surface area contributed by atoms with E-state index in [1.54, 1.807) is 13.1 Å². The summed E-state index contributed by atoms with van der Waals surface area (Å²) in [4.78, 5) is -0.0132. The van der Waals surface area contributed by atoms with Crippen LogP contribution in [-0.2, 0) is 16.6 Å². The normalized spacial score (nSPS) is 13.5. The van der Waals surface area contributed by atoms with Gasteiger partial charge < -0.3 is 5.73 Å². The second-order valence-corrected chi connectivity index (χ2v) is 5.82. The van der Waals surface area contributed by atoms with E-state index in [0.29, 0.717) is 13.0 Å². The van der Waals surface area contributed by atoms with E-state index in [1.807, 2.05) is 0 Å². The molecule has 0 bridgehead atoms. The summed E-state index contributed by atoms with van der Waals surface area (Å²) < 4.78 is 27.6. The van der Waals surface area contributed by atoms with Gasteiger partial charge in [-0.25, -0.2) is 13.1 Å². The van der Waals surface area contributed by atoms with Crippen LogP contribution in [0.3, 0.4) is 0 Å². The second kappa shape index (κ2) is 6.03. The molecule has 1 heterocycles. The molecule has 1 atom stereocenters. The largest absolute Gasteiger partial charge is 0.392 e. The van der Waals surface area contributed by atoms with Crippen molar-refractivity contribution >= 4 is 27.2 Å². The molecule has 3 N–H and O–H groups in total. The summed E-state index contributed by atoms with van der Waals surface area (Å²) in [5.41, 5.74) is 5.38. The lowest BCUT2D eigenvalue weighted by Crippen LogP contribution is -2.42. The van der Waals surface area contributed by atoms with Crippen LogP contribution in [0.1, 0.15) is 13.3 Å². The fourth-order valence-electron chi connectivity index (χ4n) is 1.33. The highest BCUT2D eigenvalue weighted by atomic mass is 32.2. The Labute approximate surface area is 105 Å². The van der Waals surface area contributed by atoms with Gasteiger partial charge in [0.2, 0.25) is 10.0 Å². The third kappa shape index (κ3) is 4.02. The Bertz CT molecular complexity index is 456. The highest BCUT2D eigenvalue weighted by Crippen LogP contribution is 2.04. The van der Waals surface area contributed by atoms with Gasteiger partial charge in [-0.1, -0.05) is 24.4 Å². The SMILES string of the molecule is CCC(C(N)=S)S(=O)(=O)NCCn1ccnn1. The van der Waals surface area contributed by atoms with Crippen molar-refractivity contribution in [1.82, 2.24) is 19.7 Å². The van der Waals surface area contributed by atoms with Crippen LogP contribution in [0, 0.1) is 0 Å². The van der Waals surface area contributed by atoms with E-state index in [2.05, 4.69) is 15.0 Å². The van der Waals surface area contributed by atoms with Gasteiger partial charge in [0.05, 0.1) is 17.7 Å². The zero-order valence-electron chi connectivity index (χ0n) is 9.41. The molecule has 0 fully saturated rings. The first-order chi connectivity index (χ1) is 7.97. The van der Waals surface area contributed by atoms with Gasteiger partial charge in [0.25, 0.3) is 0 Å². The Kier molecular flexibility index (Phi) is 4.97. The maximum atomic E-state index is 11.8. The Morgan fingerprint density at radius 1 is 1.65 bits per heavy atom. The number of sulfonamides is 1. The lowest BCUT2D eigenvalue weighted by Gasteiger charge is -2.14. The van der Waals surface area contributed by atoms with Crippen LogP contribution >= 0.6 is 12.2 Å². The van der Waals surface area contributed by atoms with Crippen molar-refractivity contribution in [2.24, 2.45) is 5.73 Å². The molecule has 1 aromatic heterocycles. The minimum atomic E-state index is -3.50. The number of nitrogens with zero attached hydrogens (tertiary/aromatic N) is 3. The van der Waals surface area contributed by atoms with Gasteiger partial charge in [-0.2, -0.15) is 0 Å². The average molecular weight is 277 g/mol. The molecule has 0 aliphatic carbocycles. The number of aromatic nitrogens is 3. The van der Waals surface area contributed by atoms with E-state index in [9.17, 15) is 8.42 Å². The fourth-order valence-corrected chi connectivity index (χ4v) is 3.20.